The van der Waals surface area contributed by atoms with Gasteiger partial charge in [-0.2, -0.15) is 0 Å². The Bertz CT molecular complexity index is 1120. The van der Waals surface area contributed by atoms with Crippen molar-refractivity contribution in [1.82, 2.24) is 4.98 Å². The molecule has 0 saturated carbocycles. The first kappa shape index (κ1) is 19.5. The van der Waals surface area contributed by atoms with Gasteiger partial charge in [-0.15, -0.1) is 0 Å². The van der Waals surface area contributed by atoms with Gasteiger partial charge in [-0.05, 0) is 60.2 Å². The summed E-state index contributed by atoms with van der Waals surface area (Å²) in [6.45, 7) is 0.958. The molecular formula is C23H19Cl2N3O. The van der Waals surface area contributed by atoms with Crippen molar-refractivity contribution in [1.29, 1.82) is 0 Å². The van der Waals surface area contributed by atoms with Crippen LogP contribution in [0.15, 0.2) is 78.9 Å². The number of nitrogens with zero attached hydrogens (tertiary/aromatic N) is 2. The molecule has 0 bridgehead atoms. The zero-order valence-electron chi connectivity index (χ0n) is 15.6. The lowest BCUT2D eigenvalue weighted by Crippen LogP contribution is -2.29. The summed E-state index contributed by atoms with van der Waals surface area (Å²) in [5.41, 5.74) is 3.67. The van der Waals surface area contributed by atoms with E-state index < -0.39 is 0 Å². The van der Waals surface area contributed by atoms with Gasteiger partial charge >= 0.3 is 0 Å². The average molecular weight is 424 g/mol. The van der Waals surface area contributed by atoms with Crippen LogP contribution in [0.1, 0.15) is 11.3 Å². The molecule has 0 spiro atoms. The number of anilines is 1. The van der Waals surface area contributed by atoms with Gasteiger partial charge in [-0.3, -0.25) is 0 Å². The minimum Gasteiger partial charge on any atom is -0.487 e. The monoisotopic (exact) mass is 423 g/mol. The van der Waals surface area contributed by atoms with E-state index in [0.29, 0.717) is 23.2 Å². The van der Waals surface area contributed by atoms with Gasteiger partial charge < -0.3 is 9.75 Å². The number of nitrogens with two attached hydrogens (primary N) is 1. The maximum Gasteiger partial charge on any atom is 0.130 e. The van der Waals surface area contributed by atoms with Crippen LogP contribution < -0.4 is 15.6 Å². The molecule has 0 aliphatic rings. The first-order valence-corrected chi connectivity index (χ1v) is 9.87. The number of aromatic nitrogens is 1. The number of hydrogen-bond donors (Lipinski definition) is 1. The van der Waals surface area contributed by atoms with Crippen LogP contribution in [0.2, 0.25) is 10.0 Å². The average Bonchev–Trinajstić information content (AvgIpc) is 2.74. The number of ether oxygens (including phenoxy) is 1. The highest BCUT2D eigenvalue weighted by molar-refractivity contribution is 6.31. The zero-order valence-corrected chi connectivity index (χ0v) is 17.1. The fraction of sp³-hybridized carbons (Fsp3) is 0.0870. The van der Waals surface area contributed by atoms with Crippen molar-refractivity contribution in [2.45, 2.75) is 13.2 Å². The molecule has 4 aromatic rings. The van der Waals surface area contributed by atoms with Gasteiger partial charge in [0.05, 0.1) is 23.4 Å². The van der Waals surface area contributed by atoms with Crippen molar-refractivity contribution in [2.24, 2.45) is 5.84 Å². The van der Waals surface area contributed by atoms with Crippen LogP contribution in [0.5, 0.6) is 5.75 Å². The Hall–Kier alpha value is -2.79. The summed E-state index contributed by atoms with van der Waals surface area (Å²) < 4.78 is 5.87. The molecule has 2 N–H and O–H groups in total. The second-order valence-corrected chi connectivity index (χ2v) is 7.55. The van der Waals surface area contributed by atoms with E-state index in [4.69, 9.17) is 33.8 Å². The van der Waals surface area contributed by atoms with Gasteiger partial charge in [0.25, 0.3) is 0 Å². The largest absolute Gasteiger partial charge is 0.487 e. The van der Waals surface area contributed by atoms with Crippen LogP contribution >= 0.6 is 23.2 Å². The van der Waals surface area contributed by atoms with Crippen molar-refractivity contribution >= 4 is 39.8 Å². The van der Waals surface area contributed by atoms with Gasteiger partial charge in [0, 0.05) is 15.4 Å². The molecule has 1 aromatic heterocycles. The lowest BCUT2D eigenvalue weighted by Gasteiger charge is -2.19. The van der Waals surface area contributed by atoms with Crippen molar-refractivity contribution in [3.8, 4) is 5.75 Å². The molecule has 1 heterocycles. The maximum absolute atomic E-state index is 6.18. The lowest BCUT2D eigenvalue weighted by atomic mass is 10.2. The first-order chi connectivity index (χ1) is 14.1. The number of hydrazine groups is 1. The lowest BCUT2D eigenvalue weighted by molar-refractivity contribution is 0.302. The minimum atomic E-state index is 0.374. The van der Waals surface area contributed by atoms with Crippen LogP contribution in [0, 0.1) is 0 Å². The fourth-order valence-corrected chi connectivity index (χ4v) is 3.27. The van der Waals surface area contributed by atoms with E-state index in [0.717, 1.165) is 33.6 Å². The molecule has 0 aliphatic heterocycles. The number of halogens is 2. The van der Waals surface area contributed by atoms with Crippen molar-refractivity contribution < 1.29 is 4.74 Å². The van der Waals surface area contributed by atoms with Crippen LogP contribution in [-0.4, -0.2) is 4.98 Å². The standard InChI is InChI=1S/C23H19Cl2N3O/c24-18-5-1-16(2-6-18)14-28(26)21-9-11-22(12-10-21)29-15-20-8-4-17-3-7-19(25)13-23(17)27-20/h1-13H,14-15,26H2. The number of rotatable bonds is 6. The summed E-state index contributed by atoms with van der Waals surface area (Å²) >= 11 is 12.0. The number of fused-ring (bicyclic) bond motifs is 1. The number of pyridine rings is 1. The highest BCUT2D eigenvalue weighted by atomic mass is 35.5. The van der Waals surface area contributed by atoms with Crippen molar-refractivity contribution in [2.75, 3.05) is 5.01 Å². The Morgan fingerprint density at radius 1 is 0.828 bits per heavy atom. The molecule has 6 heteroatoms. The third kappa shape index (κ3) is 4.98. The second kappa shape index (κ2) is 8.70. The van der Waals surface area contributed by atoms with Gasteiger partial charge in [-0.25, -0.2) is 10.8 Å². The highest BCUT2D eigenvalue weighted by Gasteiger charge is 2.05. The van der Waals surface area contributed by atoms with E-state index in [1.807, 2.05) is 78.9 Å². The van der Waals surface area contributed by atoms with Crippen LogP contribution in [0.4, 0.5) is 5.69 Å². The molecule has 0 amide bonds. The van der Waals surface area contributed by atoms with Crippen LogP contribution in [0.3, 0.4) is 0 Å². The minimum absolute atomic E-state index is 0.374. The summed E-state index contributed by atoms with van der Waals surface area (Å²) in [5, 5.41) is 4.11. The Morgan fingerprint density at radius 2 is 1.52 bits per heavy atom. The van der Waals surface area contributed by atoms with E-state index in [2.05, 4.69) is 4.98 Å². The van der Waals surface area contributed by atoms with Gasteiger partial charge in [0.1, 0.15) is 12.4 Å². The van der Waals surface area contributed by atoms with E-state index in [1.165, 1.54) is 0 Å². The first-order valence-electron chi connectivity index (χ1n) is 9.11. The summed E-state index contributed by atoms with van der Waals surface area (Å²) in [7, 11) is 0. The van der Waals surface area contributed by atoms with Crippen LogP contribution in [-0.2, 0) is 13.2 Å². The SMILES string of the molecule is NN(Cc1ccc(Cl)cc1)c1ccc(OCc2ccc3ccc(Cl)cc3n2)cc1. The molecule has 4 rings (SSSR count). The molecule has 29 heavy (non-hydrogen) atoms. The molecule has 0 saturated heterocycles. The van der Waals surface area contributed by atoms with E-state index >= 15 is 0 Å². The predicted octanol–water partition coefficient (Wildman–Crippen LogP) is 6.00. The predicted molar refractivity (Wildman–Crippen MR) is 119 cm³/mol. The smallest absolute Gasteiger partial charge is 0.130 e. The van der Waals surface area contributed by atoms with E-state index in [9.17, 15) is 0 Å². The third-order valence-electron chi connectivity index (χ3n) is 4.53. The van der Waals surface area contributed by atoms with E-state index in [-0.39, 0.29) is 0 Å². The summed E-state index contributed by atoms with van der Waals surface area (Å²) in [4.78, 5) is 4.60. The molecule has 0 atom stereocenters. The third-order valence-corrected chi connectivity index (χ3v) is 5.02. The van der Waals surface area contributed by atoms with Crippen molar-refractivity contribution in [3.05, 3.63) is 100 Å². The summed E-state index contributed by atoms with van der Waals surface area (Å²) in [5.74, 6) is 6.94. The highest BCUT2D eigenvalue weighted by Crippen LogP contribution is 2.22. The normalized spacial score (nSPS) is 10.9. The van der Waals surface area contributed by atoms with Gasteiger partial charge in [-0.1, -0.05) is 47.5 Å². The molecule has 0 fully saturated rings. The Morgan fingerprint density at radius 3 is 2.28 bits per heavy atom. The number of benzene rings is 3. The zero-order chi connectivity index (χ0) is 20.2. The number of hydrogen-bond acceptors (Lipinski definition) is 4. The molecule has 3 aromatic carbocycles. The molecule has 0 unspecified atom stereocenters. The molecule has 4 nitrogen and oxygen atoms in total. The Labute approximate surface area is 179 Å². The second-order valence-electron chi connectivity index (χ2n) is 6.68. The van der Waals surface area contributed by atoms with Crippen molar-refractivity contribution in [3.63, 3.8) is 0 Å². The van der Waals surface area contributed by atoms with Gasteiger partial charge in [0.2, 0.25) is 0 Å². The summed E-state index contributed by atoms with van der Waals surface area (Å²) in [6.07, 6.45) is 0. The quantitative estimate of drug-likeness (QED) is 0.305. The summed E-state index contributed by atoms with van der Waals surface area (Å²) in [6, 6.07) is 24.9. The Kier molecular flexibility index (Phi) is 5.86. The molecule has 146 valence electrons. The molecule has 0 radical (unpaired) electrons. The van der Waals surface area contributed by atoms with E-state index in [1.54, 1.807) is 5.01 Å². The topological polar surface area (TPSA) is 51.4 Å². The fourth-order valence-electron chi connectivity index (χ4n) is 2.98. The molecule has 0 aliphatic carbocycles. The van der Waals surface area contributed by atoms with Crippen LogP contribution in [0.25, 0.3) is 10.9 Å². The Balaban J connectivity index is 1.38. The molecular weight excluding hydrogens is 405 g/mol. The van der Waals surface area contributed by atoms with Gasteiger partial charge in [0.15, 0.2) is 0 Å². The maximum atomic E-state index is 6.18.